The van der Waals surface area contributed by atoms with E-state index in [-0.39, 0.29) is 11.8 Å². The van der Waals surface area contributed by atoms with Gasteiger partial charge in [0.15, 0.2) is 5.60 Å². The highest BCUT2D eigenvalue weighted by Gasteiger charge is 2.31. The topological polar surface area (TPSA) is 67.4 Å². The summed E-state index contributed by atoms with van der Waals surface area (Å²) in [6, 6.07) is 15.2. The van der Waals surface area contributed by atoms with E-state index in [1.807, 2.05) is 87.5 Å². The number of nitrogens with one attached hydrogen (secondary N) is 2. The van der Waals surface area contributed by atoms with Crippen molar-refractivity contribution in [2.45, 2.75) is 59.5 Å². The fourth-order valence-corrected chi connectivity index (χ4v) is 6.47. The summed E-state index contributed by atoms with van der Waals surface area (Å²) < 4.78 is 6.12. The Hall–Kier alpha value is -3.69. The van der Waals surface area contributed by atoms with E-state index in [2.05, 4.69) is 35.9 Å². The molecule has 0 aromatic heterocycles. The van der Waals surface area contributed by atoms with E-state index < -0.39 is 13.5 Å². The molecule has 2 aromatic carbocycles. The van der Waals surface area contributed by atoms with Gasteiger partial charge in [0.05, 0.1) is 0 Å². The number of ether oxygens (including phenoxy) is 1. The van der Waals surface area contributed by atoms with Gasteiger partial charge >= 0.3 is 0 Å². The van der Waals surface area contributed by atoms with E-state index in [9.17, 15) is 9.59 Å². The predicted molar refractivity (Wildman–Crippen MR) is 175 cm³/mol. The molecule has 6 heteroatoms. The van der Waals surface area contributed by atoms with Gasteiger partial charge in [0.2, 0.25) is 0 Å². The maximum atomic E-state index is 13.3. The lowest BCUT2D eigenvalue weighted by Crippen LogP contribution is -2.46. The zero-order valence-electron chi connectivity index (χ0n) is 25.2. The van der Waals surface area contributed by atoms with E-state index in [0.717, 1.165) is 29.3 Å². The lowest BCUT2D eigenvalue weighted by atomic mass is 10.1. The van der Waals surface area contributed by atoms with Crippen LogP contribution < -0.4 is 15.4 Å². The molecule has 2 aromatic rings. The quantitative estimate of drug-likeness (QED) is 0.121. The van der Waals surface area contributed by atoms with Crippen LogP contribution in [0.25, 0.3) is 0 Å². The Labute approximate surface area is 247 Å². The summed E-state index contributed by atoms with van der Waals surface area (Å²) in [6.07, 6.45) is 15.0. The molecule has 2 rings (SSSR count). The average Bonchev–Trinajstić information content (AvgIpc) is 2.95. The lowest BCUT2D eigenvalue weighted by Gasteiger charge is -2.28. The first-order chi connectivity index (χ1) is 19.6. The minimum atomic E-state index is -1.06. The smallest absolute Gasteiger partial charge is 0.263 e. The van der Waals surface area contributed by atoms with Gasteiger partial charge in [-0.1, -0.05) is 72.9 Å². The third-order valence-corrected chi connectivity index (χ3v) is 9.05. The number of aryl methyl sites for hydroxylation is 1. The van der Waals surface area contributed by atoms with Crippen molar-refractivity contribution in [1.82, 2.24) is 10.6 Å². The molecule has 0 saturated heterocycles. The summed E-state index contributed by atoms with van der Waals surface area (Å²) in [5.41, 5.74) is 1.78. The SMILES string of the molecule is C=C/C=C(\C=C/C)P(CNC(=O)C(C)(C)Oc1ccc(CCNC(=O)c2ccc(C)cc2)cc1)/C(=C/C)CCC=C. The van der Waals surface area contributed by atoms with E-state index in [1.165, 1.54) is 5.31 Å². The molecule has 2 amide bonds. The van der Waals surface area contributed by atoms with Crippen molar-refractivity contribution in [2.75, 3.05) is 12.8 Å². The van der Waals surface area contributed by atoms with E-state index in [0.29, 0.717) is 30.6 Å². The Morgan fingerprint density at radius 3 is 2.27 bits per heavy atom. The summed E-state index contributed by atoms with van der Waals surface area (Å²) in [5, 5.41) is 8.56. The van der Waals surface area contributed by atoms with Crippen molar-refractivity contribution in [2.24, 2.45) is 0 Å². The summed E-state index contributed by atoms with van der Waals surface area (Å²) in [5.74, 6) is 0.355. The molecule has 0 aliphatic carbocycles. The first-order valence-corrected chi connectivity index (χ1v) is 15.6. The molecular formula is C35H45N2O3P. The average molecular weight is 573 g/mol. The number of hydrogen-bond donors (Lipinski definition) is 2. The number of rotatable bonds is 16. The Kier molecular flexibility index (Phi) is 14.1. The Bertz CT molecular complexity index is 1260. The van der Waals surface area contributed by atoms with Crippen molar-refractivity contribution in [3.05, 3.63) is 125 Å². The predicted octanol–water partition coefficient (Wildman–Crippen LogP) is 8.20. The summed E-state index contributed by atoms with van der Waals surface area (Å²) in [6.45, 7) is 17.9. The highest BCUT2D eigenvalue weighted by Crippen LogP contribution is 2.54. The third-order valence-electron chi connectivity index (χ3n) is 6.48. The van der Waals surface area contributed by atoms with Crippen LogP contribution in [0.5, 0.6) is 5.75 Å². The molecule has 0 radical (unpaired) electrons. The van der Waals surface area contributed by atoms with Crippen LogP contribution in [0.3, 0.4) is 0 Å². The molecule has 0 aliphatic rings. The van der Waals surface area contributed by atoms with Crippen LogP contribution >= 0.6 is 7.92 Å². The zero-order chi connectivity index (χ0) is 30.3. The fraction of sp³-hybridized carbons (Fsp3) is 0.314. The molecule has 0 spiro atoms. The van der Waals surface area contributed by atoms with Crippen LogP contribution in [-0.4, -0.2) is 30.2 Å². The van der Waals surface area contributed by atoms with Crippen molar-refractivity contribution in [3.8, 4) is 5.75 Å². The number of carbonyl (C=O) groups is 2. The number of allylic oxidation sites excluding steroid dienone is 8. The van der Waals surface area contributed by atoms with Crippen molar-refractivity contribution < 1.29 is 14.3 Å². The van der Waals surface area contributed by atoms with E-state index >= 15 is 0 Å². The number of hydrogen-bond acceptors (Lipinski definition) is 3. The first-order valence-electron chi connectivity index (χ1n) is 14.0. The number of benzene rings is 2. The van der Waals surface area contributed by atoms with E-state index in [1.54, 1.807) is 19.9 Å². The normalized spacial score (nSPS) is 13.0. The van der Waals surface area contributed by atoms with Gasteiger partial charge in [-0.3, -0.25) is 9.59 Å². The van der Waals surface area contributed by atoms with Gasteiger partial charge in [0.1, 0.15) is 5.75 Å². The van der Waals surface area contributed by atoms with Gasteiger partial charge in [-0.15, -0.1) is 6.58 Å². The molecule has 0 bridgehead atoms. The van der Waals surface area contributed by atoms with Gasteiger partial charge in [-0.2, -0.15) is 0 Å². The van der Waals surface area contributed by atoms with Crippen LogP contribution in [0.1, 0.15) is 62.0 Å². The van der Waals surface area contributed by atoms with Gasteiger partial charge in [-0.25, -0.2) is 0 Å². The largest absolute Gasteiger partial charge is 0.478 e. The van der Waals surface area contributed by atoms with E-state index in [4.69, 9.17) is 4.74 Å². The second-order valence-electron chi connectivity index (χ2n) is 10.2. The van der Waals surface area contributed by atoms with Crippen molar-refractivity contribution >= 4 is 19.7 Å². The molecule has 1 atom stereocenters. The minimum absolute atomic E-state index is 0.0820. The monoisotopic (exact) mass is 572 g/mol. The Balaban J connectivity index is 1.98. The molecule has 2 N–H and O–H groups in total. The standard InChI is InChI=1S/C35H45N2O3P/c1-8-12-15-31(11-4)41(32(13-9-2)14-10-3)26-37-34(39)35(6,7)40-30-22-18-28(19-23-30)24-25-36-33(38)29-20-16-27(5)17-21-29/h8-11,13-14,16-23H,1-2,12,15,24-26H2,3-7H3,(H,36,38)(H,37,39)/b14-10-,31-11+,32-13+. The summed E-state index contributed by atoms with van der Waals surface area (Å²) >= 11 is 0. The molecule has 0 heterocycles. The third kappa shape index (κ3) is 11.0. The summed E-state index contributed by atoms with van der Waals surface area (Å²) in [7, 11) is -0.783. The molecule has 218 valence electrons. The zero-order valence-corrected chi connectivity index (χ0v) is 26.1. The Morgan fingerprint density at radius 2 is 1.68 bits per heavy atom. The maximum Gasteiger partial charge on any atom is 0.263 e. The number of carbonyl (C=O) groups excluding carboxylic acids is 2. The molecule has 0 saturated carbocycles. The lowest BCUT2D eigenvalue weighted by molar-refractivity contribution is -0.133. The van der Waals surface area contributed by atoms with Gasteiger partial charge in [0, 0.05) is 18.4 Å². The molecule has 5 nitrogen and oxygen atoms in total. The van der Waals surface area contributed by atoms with Gasteiger partial charge in [-0.05, 0) is 102 Å². The second kappa shape index (κ2) is 17.2. The molecular weight excluding hydrogens is 527 g/mol. The first kappa shape index (κ1) is 33.5. The van der Waals surface area contributed by atoms with Crippen LogP contribution in [0.2, 0.25) is 0 Å². The molecule has 1 unspecified atom stereocenters. The highest BCUT2D eigenvalue weighted by atomic mass is 31.1. The number of amides is 2. The minimum Gasteiger partial charge on any atom is -0.478 e. The highest BCUT2D eigenvalue weighted by molar-refractivity contribution is 7.66. The molecule has 0 aliphatic heterocycles. The fourth-order valence-electron chi connectivity index (χ4n) is 4.13. The van der Waals surface area contributed by atoms with Gasteiger partial charge in [0.25, 0.3) is 11.8 Å². The maximum absolute atomic E-state index is 13.3. The van der Waals surface area contributed by atoms with Crippen LogP contribution in [0.15, 0.2) is 109 Å². The summed E-state index contributed by atoms with van der Waals surface area (Å²) in [4.78, 5) is 25.6. The second-order valence-corrected chi connectivity index (χ2v) is 12.4. The van der Waals surface area contributed by atoms with Crippen LogP contribution in [0.4, 0.5) is 0 Å². The van der Waals surface area contributed by atoms with Crippen molar-refractivity contribution in [3.63, 3.8) is 0 Å². The van der Waals surface area contributed by atoms with Gasteiger partial charge < -0.3 is 15.4 Å². The molecule has 0 fully saturated rings. The van der Waals surface area contributed by atoms with Crippen LogP contribution in [0, 0.1) is 6.92 Å². The molecule has 41 heavy (non-hydrogen) atoms. The Morgan fingerprint density at radius 1 is 1.00 bits per heavy atom. The van der Waals surface area contributed by atoms with Crippen molar-refractivity contribution in [1.29, 1.82) is 0 Å². The van der Waals surface area contributed by atoms with Crippen LogP contribution in [-0.2, 0) is 11.2 Å².